The molecule has 0 radical (unpaired) electrons. The summed E-state index contributed by atoms with van der Waals surface area (Å²) in [7, 11) is 0. The largest absolute Gasteiger partial charge is 0.379 e. The molecule has 3 aliphatic rings. The van der Waals surface area contributed by atoms with Gasteiger partial charge in [-0.05, 0) is 44.2 Å². The van der Waals surface area contributed by atoms with Crippen LogP contribution in [0.2, 0.25) is 0 Å². The number of nitrogens with zero attached hydrogens (tertiary/aromatic N) is 3. The van der Waals surface area contributed by atoms with Crippen molar-refractivity contribution >= 4 is 11.7 Å². The van der Waals surface area contributed by atoms with E-state index >= 15 is 0 Å². The maximum absolute atomic E-state index is 13.0. The highest BCUT2D eigenvalue weighted by Crippen LogP contribution is 2.24. The van der Waals surface area contributed by atoms with Crippen molar-refractivity contribution in [2.75, 3.05) is 44.7 Å². The lowest BCUT2D eigenvalue weighted by Gasteiger charge is -2.39. The zero-order valence-electron chi connectivity index (χ0n) is 14.8. The number of pyridine rings is 1. The third-order valence-electron chi connectivity index (χ3n) is 5.40. The Hall–Kier alpha value is -1.66. The second kappa shape index (κ2) is 7.70. The fraction of sp³-hybridized carbons (Fsp3) is 0.684. The number of hydrogen-bond acceptors (Lipinski definition) is 5. The lowest BCUT2D eigenvalue weighted by molar-refractivity contribution is 0.0166. The second-order valence-corrected chi connectivity index (χ2v) is 7.41. The number of morpholine rings is 1. The number of carbonyl (C=O) groups excluding carboxylic acids is 1. The van der Waals surface area contributed by atoms with Crippen LogP contribution in [0.5, 0.6) is 0 Å². The Morgan fingerprint density at radius 1 is 1.16 bits per heavy atom. The number of anilines is 1. The summed E-state index contributed by atoms with van der Waals surface area (Å²) < 4.78 is 5.44. The van der Waals surface area contributed by atoms with Crippen LogP contribution in [0.3, 0.4) is 0 Å². The van der Waals surface area contributed by atoms with E-state index in [-0.39, 0.29) is 5.91 Å². The molecule has 0 aromatic carbocycles. The Morgan fingerprint density at radius 2 is 2.00 bits per heavy atom. The van der Waals surface area contributed by atoms with Gasteiger partial charge in [-0.15, -0.1) is 0 Å². The van der Waals surface area contributed by atoms with Crippen molar-refractivity contribution < 1.29 is 9.53 Å². The summed E-state index contributed by atoms with van der Waals surface area (Å²) in [5.41, 5.74) is 0.704. The minimum absolute atomic E-state index is 0.128. The van der Waals surface area contributed by atoms with Crippen LogP contribution in [0.4, 0.5) is 5.82 Å². The molecular weight excluding hydrogens is 316 g/mol. The summed E-state index contributed by atoms with van der Waals surface area (Å²) in [6.07, 6.45) is 7.57. The van der Waals surface area contributed by atoms with Gasteiger partial charge in [0, 0.05) is 44.5 Å². The number of nitrogens with one attached hydrogen (secondary N) is 1. The van der Waals surface area contributed by atoms with Gasteiger partial charge in [-0.25, -0.2) is 4.98 Å². The minimum Gasteiger partial charge on any atom is -0.379 e. The Labute approximate surface area is 149 Å². The monoisotopic (exact) mass is 344 g/mol. The van der Waals surface area contributed by atoms with Crippen LogP contribution in [0.15, 0.2) is 18.3 Å². The Balaban J connectivity index is 1.40. The maximum Gasteiger partial charge on any atom is 0.255 e. The van der Waals surface area contributed by atoms with Crippen LogP contribution in [0.25, 0.3) is 0 Å². The van der Waals surface area contributed by atoms with E-state index in [4.69, 9.17) is 4.74 Å². The summed E-state index contributed by atoms with van der Waals surface area (Å²) in [5.74, 6) is 1.01. The van der Waals surface area contributed by atoms with Crippen molar-refractivity contribution in [2.45, 2.75) is 44.2 Å². The zero-order valence-corrected chi connectivity index (χ0v) is 14.8. The number of carbonyl (C=O) groups is 1. The van der Waals surface area contributed by atoms with Crippen LogP contribution in [-0.4, -0.2) is 72.2 Å². The average Bonchev–Trinajstić information content (AvgIpc) is 3.47. The van der Waals surface area contributed by atoms with Gasteiger partial charge in [0.1, 0.15) is 5.82 Å². The van der Waals surface area contributed by atoms with E-state index < -0.39 is 0 Å². The molecule has 2 aliphatic heterocycles. The summed E-state index contributed by atoms with van der Waals surface area (Å²) in [5, 5.41) is 3.37. The molecule has 1 atom stereocenters. The smallest absolute Gasteiger partial charge is 0.255 e. The second-order valence-electron chi connectivity index (χ2n) is 7.41. The molecule has 3 heterocycles. The number of hydrogen-bond donors (Lipinski definition) is 1. The molecule has 2 saturated heterocycles. The van der Waals surface area contributed by atoms with E-state index in [2.05, 4.69) is 20.1 Å². The van der Waals surface area contributed by atoms with Crippen LogP contribution >= 0.6 is 0 Å². The van der Waals surface area contributed by atoms with Crippen molar-refractivity contribution in [3.8, 4) is 0 Å². The van der Waals surface area contributed by atoms with Crippen LogP contribution < -0.4 is 5.32 Å². The Kier molecular flexibility index (Phi) is 5.17. The fourth-order valence-electron chi connectivity index (χ4n) is 3.75. The fourth-order valence-corrected chi connectivity index (χ4v) is 3.75. The van der Waals surface area contributed by atoms with Gasteiger partial charge in [0.15, 0.2) is 0 Å². The molecule has 4 rings (SSSR count). The van der Waals surface area contributed by atoms with E-state index in [0.717, 1.165) is 58.1 Å². The molecule has 0 spiro atoms. The Morgan fingerprint density at radius 3 is 2.72 bits per heavy atom. The molecule has 1 amide bonds. The first kappa shape index (κ1) is 16.8. The summed E-state index contributed by atoms with van der Waals surface area (Å²) in [6.45, 7) is 5.38. The molecule has 1 saturated carbocycles. The summed E-state index contributed by atoms with van der Waals surface area (Å²) in [6, 6.07) is 4.74. The van der Waals surface area contributed by atoms with Gasteiger partial charge >= 0.3 is 0 Å². The van der Waals surface area contributed by atoms with E-state index in [1.54, 1.807) is 6.20 Å². The predicted molar refractivity (Wildman–Crippen MR) is 96.8 cm³/mol. The summed E-state index contributed by atoms with van der Waals surface area (Å²) in [4.78, 5) is 22.0. The van der Waals surface area contributed by atoms with E-state index in [1.165, 1.54) is 19.3 Å². The van der Waals surface area contributed by atoms with Gasteiger partial charge in [-0.2, -0.15) is 0 Å². The highest BCUT2D eigenvalue weighted by Gasteiger charge is 2.29. The molecule has 1 aromatic heterocycles. The molecule has 6 nitrogen and oxygen atoms in total. The highest BCUT2D eigenvalue weighted by molar-refractivity contribution is 5.94. The molecule has 1 aliphatic carbocycles. The maximum atomic E-state index is 13.0. The van der Waals surface area contributed by atoms with Crippen LogP contribution in [-0.2, 0) is 4.74 Å². The number of piperidine rings is 1. The average molecular weight is 344 g/mol. The molecule has 136 valence electrons. The molecule has 0 unspecified atom stereocenters. The van der Waals surface area contributed by atoms with Gasteiger partial charge in [-0.3, -0.25) is 9.69 Å². The molecule has 6 heteroatoms. The minimum atomic E-state index is 0.128. The molecule has 1 aromatic rings. The van der Waals surface area contributed by atoms with Crippen molar-refractivity contribution in [3.63, 3.8) is 0 Å². The molecule has 25 heavy (non-hydrogen) atoms. The first-order chi connectivity index (χ1) is 12.3. The summed E-state index contributed by atoms with van der Waals surface area (Å²) >= 11 is 0. The van der Waals surface area contributed by atoms with Gasteiger partial charge in [0.05, 0.1) is 18.8 Å². The molecule has 3 fully saturated rings. The van der Waals surface area contributed by atoms with Gasteiger partial charge in [0.2, 0.25) is 0 Å². The lowest BCUT2D eigenvalue weighted by Crippen LogP contribution is -2.51. The molecular formula is C19H28N4O2. The lowest BCUT2D eigenvalue weighted by atomic mass is 10.00. The van der Waals surface area contributed by atoms with Crippen LogP contribution in [0, 0.1) is 0 Å². The highest BCUT2D eigenvalue weighted by atomic mass is 16.5. The quantitative estimate of drug-likeness (QED) is 0.885. The van der Waals surface area contributed by atoms with E-state index in [0.29, 0.717) is 17.6 Å². The number of aromatic nitrogens is 1. The SMILES string of the molecule is O=C(c1ccc(NC2CC2)nc1)N1CCCC[C@H]1CN1CCOCC1. The number of amides is 1. The number of likely N-dealkylation sites (tertiary alicyclic amines) is 1. The van der Waals surface area contributed by atoms with Gasteiger partial charge < -0.3 is 15.0 Å². The van der Waals surface area contributed by atoms with Crippen molar-refractivity contribution in [2.24, 2.45) is 0 Å². The van der Waals surface area contributed by atoms with E-state index in [1.807, 2.05) is 12.1 Å². The van der Waals surface area contributed by atoms with Gasteiger partial charge in [0.25, 0.3) is 5.91 Å². The Bertz CT molecular complexity index is 582. The zero-order chi connectivity index (χ0) is 17.1. The molecule has 0 bridgehead atoms. The molecule has 1 N–H and O–H groups in total. The third-order valence-corrected chi connectivity index (χ3v) is 5.40. The van der Waals surface area contributed by atoms with Crippen molar-refractivity contribution in [1.29, 1.82) is 0 Å². The van der Waals surface area contributed by atoms with E-state index in [9.17, 15) is 4.79 Å². The third kappa shape index (κ3) is 4.30. The van der Waals surface area contributed by atoms with Gasteiger partial charge in [-0.1, -0.05) is 0 Å². The van der Waals surface area contributed by atoms with Crippen molar-refractivity contribution in [3.05, 3.63) is 23.9 Å². The van der Waals surface area contributed by atoms with Crippen LogP contribution in [0.1, 0.15) is 42.5 Å². The number of rotatable bonds is 5. The number of ether oxygens (including phenoxy) is 1. The first-order valence-electron chi connectivity index (χ1n) is 9.63. The predicted octanol–water partition coefficient (Wildman–Crippen LogP) is 1.98. The standard InChI is InChI=1S/C19H28N4O2/c24-19(15-4-7-18(20-13-15)21-16-5-6-16)23-8-2-1-3-17(23)14-22-9-11-25-12-10-22/h4,7,13,16-17H,1-3,5-6,8-12,14H2,(H,20,21)/t17-/m0/s1. The topological polar surface area (TPSA) is 57.7 Å². The van der Waals surface area contributed by atoms with Crippen molar-refractivity contribution in [1.82, 2.24) is 14.8 Å². The first-order valence-corrected chi connectivity index (χ1v) is 9.63. The normalized spacial score (nSPS) is 25.0.